The third-order valence-corrected chi connectivity index (χ3v) is 6.69. The quantitative estimate of drug-likeness (QED) is 0.592. The number of rotatable bonds is 7. The van der Waals surface area contributed by atoms with Gasteiger partial charge in [0, 0.05) is 38.3 Å². The van der Waals surface area contributed by atoms with Gasteiger partial charge in [0.15, 0.2) is 5.01 Å². The molecule has 0 bridgehead atoms. The van der Waals surface area contributed by atoms with Crippen LogP contribution in [0.5, 0.6) is 11.5 Å². The summed E-state index contributed by atoms with van der Waals surface area (Å²) in [5.41, 5.74) is 2.70. The molecular weight excluding hydrogens is 426 g/mol. The molecule has 1 N–H and O–H groups in total. The van der Waals surface area contributed by atoms with Gasteiger partial charge in [-0.1, -0.05) is 0 Å². The molecule has 1 amide bonds. The Morgan fingerprint density at radius 1 is 0.938 bits per heavy atom. The van der Waals surface area contributed by atoms with Gasteiger partial charge in [0.1, 0.15) is 11.5 Å². The maximum absolute atomic E-state index is 13.3. The van der Waals surface area contributed by atoms with Gasteiger partial charge < -0.3 is 19.5 Å². The molecule has 2 heterocycles. The molecule has 0 atom stereocenters. The lowest BCUT2D eigenvalue weighted by molar-refractivity contribution is 0.0614. The minimum absolute atomic E-state index is 0.0480. The van der Waals surface area contributed by atoms with Gasteiger partial charge in [-0.3, -0.25) is 9.69 Å². The highest BCUT2D eigenvalue weighted by Gasteiger charge is 2.26. The molecule has 1 saturated heterocycles. The fourth-order valence-corrected chi connectivity index (χ4v) is 4.81. The molecule has 0 spiro atoms. The van der Waals surface area contributed by atoms with Crippen molar-refractivity contribution in [2.24, 2.45) is 0 Å². The number of aliphatic hydroxyl groups excluding tert-OH is 1. The van der Waals surface area contributed by atoms with E-state index in [9.17, 15) is 4.79 Å². The molecule has 32 heavy (non-hydrogen) atoms. The van der Waals surface area contributed by atoms with Crippen LogP contribution in [0.2, 0.25) is 0 Å². The van der Waals surface area contributed by atoms with Crippen molar-refractivity contribution >= 4 is 17.2 Å². The first-order valence-corrected chi connectivity index (χ1v) is 11.4. The van der Waals surface area contributed by atoms with E-state index in [1.165, 1.54) is 11.3 Å². The predicted molar refractivity (Wildman–Crippen MR) is 126 cm³/mol. The number of benzene rings is 2. The minimum Gasteiger partial charge on any atom is -0.497 e. The van der Waals surface area contributed by atoms with Gasteiger partial charge in [-0.15, -0.1) is 11.3 Å². The number of β-amino-alcohol motifs (C(OH)–C–C–N with tert-alkyl or cyclic N) is 1. The number of nitrogens with zero attached hydrogens (tertiary/aromatic N) is 3. The number of hydrogen-bond donors (Lipinski definition) is 1. The van der Waals surface area contributed by atoms with Crippen molar-refractivity contribution in [1.29, 1.82) is 0 Å². The van der Waals surface area contributed by atoms with Crippen LogP contribution in [0.4, 0.5) is 0 Å². The van der Waals surface area contributed by atoms with Crippen molar-refractivity contribution in [3.05, 3.63) is 53.5 Å². The number of aromatic nitrogens is 1. The van der Waals surface area contributed by atoms with Crippen molar-refractivity contribution in [3.63, 3.8) is 0 Å². The third-order valence-electron chi connectivity index (χ3n) is 5.60. The lowest BCUT2D eigenvalue weighted by Crippen LogP contribution is -2.49. The highest BCUT2D eigenvalue weighted by molar-refractivity contribution is 7.17. The van der Waals surface area contributed by atoms with E-state index < -0.39 is 0 Å². The average Bonchev–Trinajstić information content (AvgIpc) is 3.30. The maximum atomic E-state index is 13.3. The van der Waals surface area contributed by atoms with Crippen molar-refractivity contribution in [2.45, 2.75) is 0 Å². The van der Waals surface area contributed by atoms with E-state index in [0.717, 1.165) is 46.3 Å². The predicted octanol–water partition coefficient (Wildman–Crippen LogP) is 3.24. The number of amides is 1. The van der Waals surface area contributed by atoms with Crippen LogP contribution in [-0.4, -0.2) is 79.3 Å². The molecular formula is C24H27N3O4S. The number of piperazine rings is 1. The normalized spacial score (nSPS) is 14.4. The summed E-state index contributed by atoms with van der Waals surface area (Å²) in [4.78, 5) is 23.0. The molecule has 0 unspecified atom stereocenters. The van der Waals surface area contributed by atoms with Crippen molar-refractivity contribution in [2.75, 3.05) is 53.6 Å². The molecule has 0 radical (unpaired) electrons. The minimum atomic E-state index is -0.0480. The fraction of sp³-hybridized carbons (Fsp3) is 0.333. The highest BCUT2D eigenvalue weighted by Crippen LogP contribution is 2.38. The molecule has 168 valence electrons. The van der Waals surface area contributed by atoms with E-state index in [4.69, 9.17) is 19.6 Å². The number of hydrogen-bond acceptors (Lipinski definition) is 7. The summed E-state index contributed by atoms with van der Waals surface area (Å²) < 4.78 is 10.6. The highest BCUT2D eigenvalue weighted by atomic mass is 32.1. The van der Waals surface area contributed by atoms with Crippen LogP contribution in [0.3, 0.4) is 0 Å². The van der Waals surface area contributed by atoms with Gasteiger partial charge >= 0.3 is 0 Å². The first kappa shape index (κ1) is 22.3. The fourth-order valence-electron chi connectivity index (χ4n) is 3.75. The Labute approximate surface area is 191 Å². The maximum Gasteiger partial charge on any atom is 0.282 e. The Balaban J connectivity index is 1.66. The van der Waals surface area contributed by atoms with Gasteiger partial charge in [0.2, 0.25) is 0 Å². The first-order chi connectivity index (χ1) is 15.6. The smallest absolute Gasteiger partial charge is 0.282 e. The summed E-state index contributed by atoms with van der Waals surface area (Å²) in [6.45, 7) is 3.56. The summed E-state index contributed by atoms with van der Waals surface area (Å²) in [6, 6.07) is 15.5. The zero-order valence-electron chi connectivity index (χ0n) is 18.3. The molecule has 4 rings (SSSR count). The van der Waals surface area contributed by atoms with Crippen LogP contribution in [0.15, 0.2) is 48.5 Å². The van der Waals surface area contributed by atoms with Crippen LogP contribution < -0.4 is 9.47 Å². The molecule has 1 aromatic heterocycles. The number of ether oxygens (including phenoxy) is 2. The largest absolute Gasteiger partial charge is 0.497 e. The topological polar surface area (TPSA) is 75.1 Å². The van der Waals surface area contributed by atoms with Crippen LogP contribution >= 0.6 is 11.3 Å². The standard InChI is InChI=1S/C24H27N3O4S/c1-30-19-7-3-17(4-8-19)21-22(18-5-9-20(31-2)10-6-18)32-23(25-21)24(29)27-13-11-26(12-14-27)15-16-28/h3-10,28H,11-16H2,1-2H3. The number of carbonyl (C=O) groups is 1. The average molecular weight is 454 g/mol. The van der Waals surface area contributed by atoms with E-state index in [0.29, 0.717) is 24.6 Å². The van der Waals surface area contributed by atoms with Gasteiger partial charge in [0.05, 0.1) is 31.4 Å². The second kappa shape index (κ2) is 10.1. The number of methoxy groups -OCH3 is 2. The van der Waals surface area contributed by atoms with Crippen molar-refractivity contribution in [1.82, 2.24) is 14.8 Å². The lowest BCUT2D eigenvalue weighted by Gasteiger charge is -2.33. The Kier molecular flexibility index (Phi) is 7.04. The van der Waals surface area contributed by atoms with Crippen LogP contribution in [0.1, 0.15) is 9.80 Å². The van der Waals surface area contributed by atoms with Crippen LogP contribution in [-0.2, 0) is 0 Å². The van der Waals surface area contributed by atoms with E-state index in [-0.39, 0.29) is 12.5 Å². The molecule has 8 heteroatoms. The Bertz CT molecular complexity index is 977. The first-order valence-electron chi connectivity index (χ1n) is 10.5. The van der Waals surface area contributed by atoms with Crippen LogP contribution in [0, 0.1) is 0 Å². The molecule has 0 aliphatic carbocycles. The van der Waals surface area contributed by atoms with Crippen molar-refractivity contribution < 1.29 is 19.4 Å². The second-order valence-corrected chi connectivity index (χ2v) is 8.51. The van der Waals surface area contributed by atoms with E-state index in [1.54, 1.807) is 14.2 Å². The molecule has 1 aliphatic rings. The summed E-state index contributed by atoms with van der Waals surface area (Å²) in [5, 5.41) is 9.62. The molecule has 2 aromatic carbocycles. The van der Waals surface area contributed by atoms with Gasteiger partial charge in [-0.05, 0) is 54.1 Å². The molecule has 3 aromatic rings. The van der Waals surface area contributed by atoms with E-state index >= 15 is 0 Å². The molecule has 1 aliphatic heterocycles. The van der Waals surface area contributed by atoms with E-state index in [1.807, 2.05) is 53.4 Å². The molecule has 1 fully saturated rings. The number of thiazole rings is 1. The Morgan fingerprint density at radius 2 is 1.50 bits per heavy atom. The second-order valence-electron chi connectivity index (χ2n) is 7.51. The Hall–Kier alpha value is -2.94. The summed E-state index contributed by atoms with van der Waals surface area (Å²) in [5.74, 6) is 1.50. The SMILES string of the molecule is COc1ccc(-c2nc(C(=O)N3CCN(CCO)CC3)sc2-c2ccc(OC)cc2)cc1. The summed E-state index contributed by atoms with van der Waals surface area (Å²) in [7, 11) is 3.28. The molecule has 0 saturated carbocycles. The zero-order valence-corrected chi connectivity index (χ0v) is 19.1. The summed E-state index contributed by atoms with van der Waals surface area (Å²) in [6.07, 6.45) is 0. The summed E-state index contributed by atoms with van der Waals surface area (Å²) >= 11 is 1.42. The van der Waals surface area contributed by atoms with Gasteiger partial charge in [-0.25, -0.2) is 4.98 Å². The number of aliphatic hydroxyl groups is 1. The Morgan fingerprint density at radius 3 is 2.03 bits per heavy atom. The zero-order chi connectivity index (χ0) is 22.5. The monoisotopic (exact) mass is 453 g/mol. The van der Waals surface area contributed by atoms with Crippen molar-refractivity contribution in [3.8, 4) is 33.2 Å². The van der Waals surface area contributed by atoms with E-state index in [2.05, 4.69) is 4.90 Å². The van der Waals surface area contributed by atoms with Gasteiger partial charge in [-0.2, -0.15) is 0 Å². The third kappa shape index (κ3) is 4.77. The molecule has 7 nitrogen and oxygen atoms in total. The number of carbonyl (C=O) groups excluding carboxylic acids is 1. The van der Waals surface area contributed by atoms with Crippen LogP contribution in [0.25, 0.3) is 21.7 Å². The van der Waals surface area contributed by atoms with Gasteiger partial charge in [0.25, 0.3) is 5.91 Å². The lowest BCUT2D eigenvalue weighted by atomic mass is 10.1.